The number of aliphatic imine (C=N–C) groups is 1. The van der Waals surface area contributed by atoms with Crippen LogP contribution in [-0.2, 0) is 0 Å². The van der Waals surface area contributed by atoms with E-state index in [2.05, 4.69) is 10.3 Å². The number of nitrogens with two attached hydrogens (primary N) is 1. The number of amidine groups is 1. The van der Waals surface area contributed by atoms with E-state index in [1.165, 1.54) is 0 Å². The van der Waals surface area contributed by atoms with Crippen LogP contribution >= 0.6 is 23.8 Å². The van der Waals surface area contributed by atoms with Crippen LogP contribution in [-0.4, -0.2) is 23.8 Å². The largest absolute Gasteiger partial charge is 1.00 e. The Labute approximate surface area is 116 Å². The molecule has 2 rings (SSSR count). The van der Waals surface area contributed by atoms with Gasteiger partial charge >= 0.3 is 0 Å². The van der Waals surface area contributed by atoms with Crippen LogP contribution in [0.15, 0.2) is 29.3 Å². The van der Waals surface area contributed by atoms with Gasteiger partial charge in [-0.1, -0.05) is 36.0 Å². The van der Waals surface area contributed by atoms with E-state index in [0.29, 0.717) is 0 Å². The van der Waals surface area contributed by atoms with Crippen LogP contribution in [0.1, 0.15) is 12.0 Å². The average Bonchev–Trinajstić information content (AvgIpc) is 2.71. The summed E-state index contributed by atoms with van der Waals surface area (Å²) in [4.78, 5) is 5.30. The molecule has 0 atom stereocenters. The normalized spacial score (nSPS) is 14.2. The Morgan fingerprint density at radius 1 is 1.38 bits per heavy atom. The number of thiocarbonyl (C=S) groups is 1. The second-order valence-electron chi connectivity index (χ2n) is 3.47. The van der Waals surface area contributed by atoms with E-state index < -0.39 is 0 Å². The Bertz CT molecular complexity index is 403. The molecular weight excluding hydrogens is 308 g/mol. The van der Waals surface area contributed by atoms with E-state index in [-0.39, 0.29) is 17.0 Å². The zero-order valence-electron chi connectivity index (χ0n) is 8.62. The first kappa shape index (κ1) is 13.8. The Kier molecular flexibility index (Phi) is 5.55. The summed E-state index contributed by atoms with van der Waals surface area (Å²) < 4.78 is 0. The molecule has 2 N–H and O–H groups in total. The second-order valence-corrected chi connectivity index (χ2v) is 4.40. The minimum absolute atomic E-state index is 0. The first-order valence-corrected chi connectivity index (χ1v) is 5.69. The smallest absolute Gasteiger partial charge is 0.200 e. The Hall–Kier alpha value is -0.290. The molecule has 0 aliphatic carbocycles. The molecule has 5 heteroatoms. The Morgan fingerprint density at radius 3 is 2.62 bits per heavy atom. The summed E-state index contributed by atoms with van der Waals surface area (Å²) in [6, 6.07) is 7.65. The zero-order valence-corrected chi connectivity index (χ0v) is 11.8. The lowest BCUT2D eigenvalue weighted by Gasteiger charge is -2.02. The van der Waals surface area contributed by atoms with Gasteiger partial charge in [-0.15, -0.1) is 0 Å². The molecule has 1 aliphatic heterocycles. The number of quaternary nitrogens is 1. The minimum atomic E-state index is 0. The van der Waals surface area contributed by atoms with Crippen LogP contribution in [0, 0.1) is 0 Å². The molecule has 1 heterocycles. The third kappa shape index (κ3) is 3.63. The van der Waals surface area contributed by atoms with Crippen LogP contribution in [0.2, 0.25) is 5.02 Å². The third-order valence-corrected chi connectivity index (χ3v) is 2.96. The maximum absolute atomic E-state index is 5.81. The predicted octanol–water partition coefficient (Wildman–Crippen LogP) is -1.57. The van der Waals surface area contributed by atoms with Gasteiger partial charge < -0.3 is 17.0 Å². The van der Waals surface area contributed by atoms with Crippen LogP contribution in [0.5, 0.6) is 0 Å². The molecule has 0 amide bonds. The molecule has 1 aliphatic rings. The highest BCUT2D eigenvalue weighted by molar-refractivity contribution is 7.80. The molecule has 0 bridgehead atoms. The summed E-state index contributed by atoms with van der Waals surface area (Å²) in [5, 5.41) is 2.90. The van der Waals surface area contributed by atoms with E-state index in [1.54, 1.807) is 0 Å². The summed E-state index contributed by atoms with van der Waals surface area (Å²) in [6.45, 7) is 1.97. The van der Waals surface area contributed by atoms with E-state index in [4.69, 9.17) is 23.8 Å². The molecule has 86 valence electrons. The lowest BCUT2D eigenvalue weighted by atomic mass is 10.1. The molecule has 0 saturated heterocycles. The van der Waals surface area contributed by atoms with Crippen molar-refractivity contribution in [1.82, 2.24) is 0 Å². The van der Waals surface area contributed by atoms with Crippen molar-refractivity contribution in [1.29, 1.82) is 0 Å². The van der Waals surface area contributed by atoms with Crippen molar-refractivity contribution in [3.8, 4) is 0 Å². The van der Waals surface area contributed by atoms with Gasteiger partial charge in [-0.05, 0) is 17.7 Å². The molecule has 2 nitrogen and oxygen atoms in total. The second kappa shape index (κ2) is 6.45. The van der Waals surface area contributed by atoms with Gasteiger partial charge in [0.05, 0.1) is 13.0 Å². The van der Waals surface area contributed by atoms with Gasteiger partial charge in [-0.2, -0.15) is 0 Å². The first-order valence-electron chi connectivity index (χ1n) is 4.91. The van der Waals surface area contributed by atoms with E-state index >= 15 is 0 Å². The fourth-order valence-corrected chi connectivity index (χ4v) is 1.94. The van der Waals surface area contributed by atoms with Crippen molar-refractivity contribution in [2.75, 3.05) is 13.1 Å². The molecule has 0 aromatic heterocycles. The number of hydrogen-bond acceptors (Lipinski definition) is 2. The fourth-order valence-electron chi connectivity index (χ4n) is 1.53. The lowest BCUT2D eigenvalue weighted by Crippen LogP contribution is -3.00. The van der Waals surface area contributed by atoms with Crippen molar-refractivity contribution in [3.05, 3.63) is 34.9 Å². The van der Waals surface area contributed by atoms with Crippen LogP contribution in [0.4, 0.5) is 0 Å². The zero-order chi connectivity index (χ0) is 10.7. The Morgan fingerprint density at radius 2 is 2.06 bits per heavy atom. The lowest BCUT2D eigenvalue weighted by molar-refractivity contribution is -0.529. The number of hydrogen-bond donors (Lipinski definition) is 1. The SMILES string of the molecule is S=C(CC1=NCC[NH2+]1)c1ccc(Cl)cc1.[Br-]. The van der Waals surface area contributed by atoms with Crippen molar-refractivity contribution >= 4 is 34.5 Å². The molecule has 0 spiro atoms. The third-order valence-electron chi connectivity index (χ3n) is 2.33. The van der Waals surface area contributed by atoms with Crippen molar-refractivity contribution in [3.63, 3.8) is 0 Å². The maximum Gasteiger partial charge on any atom is 0.200 e. The quantitative estimate of drug-likeness (QED) is 0.529. The van der Waals surface area contributed by atoms with Gasteiger partial charge in [0.25, 0.3) is 0 Å². The predicted molar refractivity (Wildman–Crippen MR) is 66.9 cm³/mol. The molecule has 16 heavy (non-hydrogen) atoms. The number of nitrogens with zero attached hydrogens (tertiary/aromatic N) is 1. The van der Waals surface area contributed by atoms with Gasteiger partial charge in [0.1, 0.15) is 6.54 Å². The van der Waals surface area contributed by atoms with Crippen LogP contribution < -0.4 is 22.3 Å². The molecule has 1 aromatic carbocycles. The summed E-state index contributed by atoms with van der Waals surface area (Å²) in [5.74, 6) is 1.12. The van der Waals surface area contributed by atoms with Gasteiger partial charge in [-0.3, -0.25) is 5.32 Å². The highest BCUT2D eigenvalue weighted by Crippen LogP contribution is 2.11. The summed E-state index contributed by atoms with van der Waals surface area (Å²) >= 11 is 11.2. The van der Waals surface area contributed by atoms with Crippen LogP contribution in [0.3, 0.4) is 0 Å². The maximum atomic E-state index is 5.81. The summed E-state index contributed by atoms with van der Waals surface area (Å²) in [5.41, 5.74) is 1.07. The molecule has 0 radical (unpaired) electrons. The topological polar surface area (TPSA) is 29.0 Å². The van der Waals surface area contributed by atoms with E-state index in [1.807, 2.05) is 24.3 Å². The highest BCUT2D eigenvalue weighted by Gasteiger charge is 2.13. The first-order chi connectivity index (χ1) is 7.25. The Balaban J connectivity index is 0.00000128. The van der Waals surface area contributed by atoms with Crippen molar-refractivity contribution < 1.29 is 22.3 Å². The van der Waals surface area contributed by atoms with Crippen LogP contribution in [0.25, 0.3) is 0 Å². The fraction of sp³-hybridized carbons (Fsp3) is 0.273. The van der Waals surface area contributed by atoms with Gasteiger partial charge in [0.2, 0.25) is 5.84 Å². The van der Waals surface area contributed by atoms with E-state index in [9.17, 15) is 0 Å². The molecular formula is C11H12BrClN2S. The highest BCUT2D eigenvalue weighted by atomic mass is 79.9. The van der Waals surface area contributed by atoms with E-state index in [0.717, 1.165) is 40.8 Å². The molecule has 1 aromatic rings. The molecule has 0 fully saturated rings. The van der Waals surface area contributed by atoms with Gasteiger partial charge in [0.15, 0.2) is 0 Å². The number of benzene rings is 1. The standard InChI is InChI=1S/C11H11ClN2S.BrH/c12-9-3-1-8(2-4-9)10(15)7-11-13-5-6-14-11;/h1-4H,5-7H2,(H,13,14);1H. The number of halogens is 2. The summed E-state index contributed by atoms with van der Waals surface area (Å²) in [6.07, 6.45) is 0.775. The minimum Gasteiger partial charge on any atom is -1.00 e. The summed E-state index contributed by atoms with van der Waals surface area (Å²) in [7, 11) is 0. The molecule has 0 unspecified atom stereocenters. The van der Waals surface area contributed by atoms with Crippen molar-refractivity contribution in [2.45, 2.75) is 6.42 Å². The van der Waals surface area contributed by atoms with Gasteiger partial charge in [-0.25, -0.2) is 4.99 Å². The number of rotatable bonds is 3. The van der Waals surface area contributed by atoms with Gasteiger partial charge in [0, 0.05) is 9.89 Å². The average molecular weight is 320 g/mol. The monoisotopic (exact) mass is 318 g/mol. The molecule has 0 saturated carbocycles. The van der Waals surface area contributed by atoms with Crippen molar-refractivity contribution in [2.24, 2.45) is 4.99 Å².